The molecular weight excluding hydrogens is 204 g/mol. The van der Waals surface area contributed by atoms with Gasteiger partial charge in [-0.15, -0.1) is 0 Å². The summed E-state index contributed by atoms with van der Waals surface area (Å²) in [6.07, 6.45) is 0.748. The lowest BCUT2D eigenvalue weighted by atomic mass is 9.92. The van der Waals surface area contributed by atoms with Crippen LogP contribution in [0.2, 0.25) is 0 Å². The maximum Gasteiger partial charge on any atom is 0.307 e. The molecule has 1 aromatic rings. The molecule has 0 radical (unpaired) electrons. The van der Waals surface area contributed by atoms with Gasteiger partial charge in [-0.1, -0.05) is 20.8 Å². The first-order chi connectivity index (χ1) is 7.30. The number of carbonyl (C=O) groups is 1. The van der Waals surface area contributed by atoms with Gasteiger partial charge in [0, 0.05) is 24.1 Å². The van der Waals surface area contributed by atoms with Gasteiger partial charge in [0.25, 0.3) is 0 Å². The Morgan fingerprint density at radius 1 is 1.56 bits per heavy atom. The fourth-order valence-corrected chi connectivity index (χ4v) is 1.99. The van der Waals surface area contributed by atoms with Crippen LogP contribution in [0.1, 0.15) is 44.5 Å². The highest BCUT2D eigenvalue weighted by Gasteiger charge is 2.46. The molecule has 4 heteroatoms. The standard InChI is InChI=1S/C12H18N2O2/c1-12(2,3)10-6-9(14(4)13-10)7-5-8(7)11(15)16/h6-8H,5H2,1-4H3,(H,15,16)/t7-,8-/m1/s1. The Morgan fingerprint density at radius 3 is 2.56 bits per heavy atom. The van der Waals surface area contributed by atoms with E-state index in [9.17, 15) is 4.79 Å². The van der Waals surface area contributed by atoms with Crippen molar-refractivity contribution in [2.24, 2.45) is 13.0 Å². The molecule has 1 aromatic heterocycles. The van der Waals surface area contributed by atoms with Crippen molar-refractivity contribution in [3.05, 3.63) is 17.5 Å². The highest BCUT2D eigenvalue weighted by molar-refractivity contribution is 5.75. The molecule has 1 N–H and O–H groups in total. The van der Waals surface area contributed by atoms with Crippen molar-refractivity contribution in [3.63, 3.8) is 0 Å². The molecule has 4 nitrogen and oxygen atoms in total. The molecule has 1 saturated carbocycles. The summed E-state index contributed by atoms with van der Waals surface area (Å²) in [4.78, 5) is 10.8. The first-order valence-electron chi connectivity index (χ1n) is 5.58. The first kappa shape index (κ1) is 11.2. The van der Waals surface area contributed by atoms with Gasteiger partial charge in [-0.05, 0) is 12.5 Å². The van der Waals surface area contributed by atoms with Crippen LogP contribution in [0.15, 0.2) is 6.07 Å². The van der Waals surface area contributed by atoms with E-state index in [1.807, 2.05) is 17.8 Å². The summed E-state index contributed by atoms with van der Waals surface area (Å²) in [7, 11) is 1.89. The summed E-state index contributed by atoms with van der Waals surface area (Å²) < 4.78 is 1.83. The van der Waals surface area contributed by atoms with E-state index < -0.39 is 5.97 Å². The number of carboxylic acid groups (broad SMARTS) is 1. The molecule has 88 valence electrons. The molecule has 1 aliphatic carbocycles. The lowest BCUT2D eigenvalue weighted by molar-refractivity contribution is -0.138. The number of hydrogen-bond acceptors (Lipinski definition) is 2. The zero-order chi connectivity index (χ0) is 12.1. The van der Waals surface area contributed by atoms with Crippen LogP contribution in [-0.4, -0.2) is 20.9 Å². The summed E-state index contributed by atoms with van der Waals surface area (Å²) in [5.74, 6) is -0.738. The highest BCUT2D eigenvalue weighted by Crippen LogP contribution is 2.47. The summed E-state index contributed by atoms with van der Waals surface area (Å²) in [5, 5.41) is 13.4. The van der Waals surface area contributed by atoms with Crippen molar-refractivity contribution in [1.29, 1.82) is 0 Å². The Balaban J connectivity index is 2.25. The van der Waals surface area contributed by atoms with Crippen LogP contribution >= 0.6 is 0 Å². The van der Waals surface area contributed by atoms with Crippen LogP contribution in [0.5, 0.6) is 0 Å². The van der Waals surface area contributed by atoms with E-state index in [4.69, 9.17) is 5.11 Å². The first-order valence-corrected chi connectivity index (χ1v) is 5.58. The third-order valence-electron chi connectivity index (χ3n) is 3.17. The molecule has 0 amide bonds. The normalized spacial score (nSPS) is 24.5. The number of carboxylic acids is 1. The van der Waals surface area contributed by atoms with Crippen LogP contribution in [0, 0.1) is 5.92 Å². The number of aryl methyl sites for hydroxylation is 1. The summed E-state index contributed by atoms with van der Waals surface area (Å²) >= 11 is 0. The summed E-state index contributed by atoms with van der Waals surface area (Å²) in [6, 6.07) is 2.05. The molecule has 2 atom stereocenters. The Labute approximate surface area is 95.3 Å². The van der Waals surface area contributed by atoms with Crippen molar-refractivity contribution in [1.82, 2.24) is 9.78 Å². The van der Waals surface area contributed by atoms with Gasteiger partial charge in [0.05, 0.1) is 11.6 Å². The zero-order valence-electron chi connectivity index (χ0n) is 10.2. The Morgan fingerprint density at radius 2 is 2.19 bits per heavy atom. The van der Waals surface area contributed by atoms with Crippen molar-refractivity contribution >= 4 is 5.97 Å². The van der Waals surface area contributed by atoms with Crippen molar-refractivity contribution in [2.75, 3.05) is 0 Å². The zero-order valence-corrected chi connectivity index (χ0v) is 10.2. The molecule has 0 aliphatic heterocycles. The van der Waals surface area contributed by atoms with E-state index in [0.29, 0.717) is 0 Å². The lowest BCUT2D eigenvalue weighted by Crippen LogP contribution is -2.12. The second-order valence-electron chi connectivity index (χ2n) is 5.61. The van der Waals surface area contributed by atoms with Crippen LogP contribution in [0.25, 0.3) is 0 Å². The van der Waals surface area contributed by atoms with E-state index in [0.717, 1.165) is 17.8 Å². The van der Waals surface area contributed by atoms with E-state index in [1.54, 1.807) is 0 Å². The monoisotopic (exact) mass is 222 g/mol. The Bertz CT molecular complexity index is 429. The van der Waals surface area contributed by atoms with Crippen LogP contribution in [0.4, 0.5) is 0 Å². The van der Waals surface area contributed by atoms with Crippen molar-refractivity contribution < 1.29 is 9.90 Å². The summed E-state index contributed by atoms with van der Waals surface area (Å²) in [6.45, 7) is 6.34. The van der Waals surface area contributed by atoms with Gasteiger partial charge in [-0.3, -0.25) is 9.48 Å². The highest BCUT2D eigenvalue weighted by atomic mass is 16.4. The minimum absolute atomic E-state index is 0.0175. The molecule has 0 aromatic carbocycles. The number of aromatic nitrogens is 2. The minimum atomic E-state index is -0.691. The second-order valence-corrected chi connectivity index (χ2v) is 5.61. The second kappa shape index (κ2) is 3.34. The fraction of sp³-hybridized carbons (Fsp3) is 0.667. The molecule has 0 saturated heterocycles. The quantitative estimate of drug-likeness (QED) is 0.831. The average molecular weight is 222 g/mol. The number of nitrogens with zero attached hydrogens (tertiary/aromatic N) is 2. The average Bonchev–Trinajstić information content (AvgIpc) is 2.82. The number of hydrogen-bond donors (Lipinski definition) is 1. The lowest BCUT2D eigenvalue weighted by Gasteiger charge is -2.13. The van der Waals surface area contributed by atoms with Crippen LogP contribution in [-0.2, 0) is 17.3 Å². The molecule has 0 unspecified atom stereocenters. The Kier molecular flexibility index (Phi) is 2.33. The van der Waals surface area contributed by atoms with Gasteiger partial charge in [0.2, 0.25) is 0 Å². The summed E-state index contributed by atoms with van der Waals surface area (Å²) in [5.41, 5.74) is 2.10. The third kappa shape index (κ3) is 1.84. The Hall–Kier alpha value is -1.32. The minimum Gasteiger partial charge on any atom is -0.481 e. The molecule has 2 rings (SSSR count). The molecule has 1 aliphatic rings. The fourth-order valence-electron chi connectivity index (χ4n) is 1.99. The van der Waals surface area contributed by atoms with Crippen molar-refractivity contribution in [2.45, 2.75) is 38.5 Å². The van der Waals surface area contributed by atoms with Crippen molar-refractivity contribution in [3.8, 4) is 0 Å². The maximum absolute atomic E-state index is 10.8. The van der Waals surface area contributed by atoms with Crippen LogP contribution < -0.4 is 0 Å². The number of aliphatic carboxylic acids is 1. The predicted molar refractivity (Wildman–Crippen MR) is 60.4 cm³/mol. The van der Waals surface area contributed by atoms with Gasteiger partial charge < -0.3 is 5.11 Å². The largest absolute Gasteiger partial charge is 0.481 e. The van der Waals surface area contributed by atoms with E-state index >= 15 is 0 Å². The molecule has 16 heavy (non-hydrogen) atoms. The van der Waals surface area contributed by atoms with Gasteiger partial charge in [-0.2, -0.15) is 5.10 Å². The van der Waals surface area contributed by atoms with E-state index in [2.05, 4.69) is 25.9 Å². The smallest absolute Gasteiger partial charge is 0.307 e. The van der Waals surface area contributed by atoms with Gasteiger partial charge in [0.1, 0.15) is 0 Å². The molecule has 0 bridgehead atoms. The van der Waals surface area contributed by atoms with Gasteiger partial charge in [-0.25, -0.2) is 0 Å². The van der Waals surface area contributed by atoms with E-state index in [1.165, 1.54) is 0 Å². The molecule has 1 fully saturated rings. The topological polar surface area (TPSA) is 55.1 Å². The SMILES string of the molecule is Cn1nc(C(C)(C)C)cc1[C@@H]1C[C@H]1C(=O)O. The van der Waals surface area contributed by atoms with Gasteiger partial charge in [0.15, 0.2) is 0 Å². The van der Waals surface area contributed by atoms with Gasteiger partial charge >= 0.3 is 5.97 Å². The molecular formula is C12H18N2O2. The predicted octanol–water partition coefficient (Wildman–Crippen LogP) is 1.91. The van der Waals surface area contributed by atoms with Crippen LogP contribution in [0.3, 0.4) is 0 Å². The van der Waals surface area contributed by atoms with E-state index in [-0.39, 0.29) is 17.3 Å². The maximum atomic E-state index is 10.8. The molecule has 0 spiro atoms. The molecule has 1 heterocycles. The third-order valence-corrected chi connectivity index (χ3v) is 3.17. The number of rotatable bonds is 2.